The minimum Gasteiger partial charge on any atom is -0.348 e. The highest BCUT2D eigenvalue weighted by molar-refractivity contribution is 9.09. The van der Waals surface area contributed by atoms with Crippen LogP contribution in [0.2, 0.25) is 0 Å². The number of alkyl halides is 1. The van der Waals surface area contributed by atoms with Crippen LogP contribution in [-0.4, -0.2) is 26.9 Å². The molecule has 0 spiro atoms. The van der Waals surface area contributed by atoms with Crippen molar-refractivity contribution in [3.05, 3.63) is 10.6 Å². The average Bonchev–Trinajstić information content (AvgIpc) is 2.73. The normalized spacial score (nSPS) is 12.5. The van der Waals surface area contributed by atoms with E-state index in [1.807, 2.05) is 13.8 Å². The smallest absolute Gasteiger partial charge is 0.265 e. The Morgan fingerprint density at radius 3 is 2.87 bits per heavy atom. The average molecular weight is 292 g/mol. The van der Waals surface area contributed by atoms with Crippen LogP contribution < -0.4 is 5.32 Å². The Labute approximate surface area is 102 Å². The van der Waals surface area contributed by atoms with Crippen molar-refractivity contribution in [2.24, 2.45) is 0 Å². The van der Waals surface area contributed by atoms with E-state index in [2.05, 4.69) is 30.8 Å². The molecule has 15 heavy (non-hydrogen) atoms. The highest BCUT2D eigenvalue weighted by Gasteiger charge is 2.17. The molecule has 1 N–H and O–H groups in total. The molecule has 0 fully saturated rings. The number of halogens is 1. The molecule has 1 amide bonds. The molecule has 0 aliphatic rings. The van der Waals surface area contributed by atoms with E-state index in [0.717, 1.165) is 35.4 Å². The first-order valence-corrected chi connectivity index (χ1v) is 6.80. The molecule has 1 unspecified atom stereocenters. The second-order valence-corrected chi connectivity index (χ2v) is 4.54. The third-order valence-electron chi connectivity index (χ3n) is 2.11. The third kappa shape index (κ3) is 3.24. The van der Waals surface area contributed by atoms with Gasteiger partial charge in [-0.3, -0.25) is 4.79 Å². The van der Waals surface area contributed by atoms with E-state index in [1.165, 1.54) is 0 Å². The Morgan fingerprint density at radius 2 is 2.33 bits per heavy atom. The number of aromatic nitrogens is 2. The van der Waals surface area contributed by atoms with E-state index in [4.69, 9.17) is 0 Å². The number of carbonyl (C=O) groups is 1. The molecule has 0 aromatic carbocycles. The standard InChI is InChI=1S/C9H14BrN3OS/c1-3-6(5-10)11-9(14)8-7(4-2)12-13-15-8/h6H,3-5H2,1-2H3,(H,11,14). The van der Waals surface area contributed by atoms with Crippen LogP contribution in [0.15, 0.2) is 0 Å². The molecule has 84 valence electrons. The minimum absolute atomic E-state index is 0.0619. The quantitative estimate of drug-likeness (QED) is 0.845. The van der Waals surface area contributed by atoms with Crippen LogP contribution in [0.5, 0.6) is 0 Å². The lowest BCUT2D eigenvalue weighted by Gasteiger charge is -2.12. The van der Waals surface area contributed by atoms with Gasteiger partial charge in [-0.1, -0.05) is 34.3 Å². The molecule has 1 aromatic heterocycles. The largest absolute Gasteiger partial charge is 0.348 e. The lowest BCUT2D eigenvalue weighted by atomic mass is 10.2. The molecule has 0 radical (unpaired) electrons. The summed E-state index contributed by atoms with van der Waals surface area (Å²) in [7, 11) is 0. The van der Waals surface area contributed by atoms with Crippen LogP contribution in [-0.2, 0) is 6.42 Å². The Morgan fingerprint density at radius 1 is 1.60 bits per heavy atom. The van der Waals surface area contributed by atoms with Gasteiger partial charge in [0.2, 0.25) is 0 Å². The van der Waals surface area contributed by atoms with Gasteiger partial charge in [-0.2, -0.15) is 0 Å². The number of rotatable bonds is 5. The van der Waals surface area contributed by atoms with Crippen molar-refractivity contribution in [1.82, 2.24) is 14.9 Å². The zero-order chi connectivity index (χ0) is 11.3. The van der Waals surface area contributed by atoms with Gasteiger partial charge in [-0.25, -0.2) is 0 Å². The van der Waals surface area contributed by atoms with E-state index in [9.17, 15) is 4.79 Å². The molecule has 6 heteroatoms. The Hall–Kier alpha value is -0.490. The number of hydrogen-bond donors (Lipinski definition) is 1. The number of carbonyl (C=O) groups excluding carboxylic acids is 1. The van der Waals surface area contributed by atoms with Crippen molar-refractivity contribution in [2.45, 2.75) is 32.7 Å². The molecule has 0 aliphatic carbocycles. The minimum atomic E-state index is -0.0619. The fraction of sp³-hybridized carbons (Fsp3) is 0.667. The lowest BCUT2D eigenvalue weighted by Crippen LogP contribution is -2.35. The summed E-state index contributed by atoms with van der Waals surface area (Å²) in [6.45, 7) is 4.01. The maximum Gasteiger partial charge on any atom is 0.265 e. The summed E-state index contributed by atoms with van der Waals surface area (Å²) >= 11 is 4.52. The topological polar surface area (TPSA) is 54.9 Å². The van der Waals surface area contributed by atoms with Gasteiger partial charge in [0.1, 0.15) is 4.88 Å². The van der Waals surface area contributed by atoms with E-state index < -0.39 is 0 Å². The number of amides is 1. The molecular weight excluding hydrogens is 278 g/mol. The van der Waals surface area contributed by atoms with Crippen molar-refractivity contribution >= 4 is 33.4 Å². The fourth-order valence-corrected chi connectivity index (χ4v) is 2.39. The van der Waals surface area contributed by atoms with E-state index in [-0.39, 0.29) is 11.9 Å². The zero-order valence-corrected chi connectivity index (χ0v) is 11.2. The van der Waals surface area contributed by atoms with Crippen LogP contribution in [0.3, 0.4) is 0 Å². The molecule has 0 bridgehead atoms. The van der Waals surface area contributed by atoms with E-state index in [0.29, 0.717) is 4.88 Å². The monoisotopic (exact) mass is 291 g/mol. The van der Waals surface area contributed by atoms with Crippen molar-refractivity contribution in [3.63, 3.8) is 0 Å². The Bertz CT molecular complexity index is 325. The number of hydrogen-bond acceptors (Lipinski definition) is 4. The number of nitrogens with one attached hydrogen (secondary N) is 1. The molecule has 0 saturated carbocycles. The van der Waals surface area contributed by atoms with E-state index in [1.54, 1.807) is 0 Å². The lowest BCUT2D eigenvalue weighted by molar-refractivity contribution is 0.0943. The van der Waals surface area contributed by atoms with Gasteiger partial charge in [0.25, 0.3) is 5.91 Å². The van der Waals surface area contributed by atoms with Gasteiger partial charge >= 0.3 is 0 Å². The SMILES string of the molecule is CCc1nnsc1C(=O)NC(CC)CBr. The molecule has 1 atom stereocenters. The molecular formula is C9H14BrN3OS. The molecule has 1 heterocycles. The van der Waals surface area contributed by atoms with Crippen LogP contribution in [0.4, 0.5) is 0 Å². The van der Waals surface area contributed by atoms with Crippen molar-refractivity contribution in [2.75, 3.05) is 5.33 Å². The second kappa shape index (κ2) is 6.17. The summed E-state index contributed by atoms with van der Waals surface area (Å²) in [5.74, 6) is -0.0619. The molecule has 4 nitrogen and oxygen atoms in total. The maximum absolute atomic E-state index is 11.8. The predicted molar refractivity (Wildman–Crippen MR) is 64.6 cm³/mol. The van der Waals surface area contributed by atoms with Crippen molar-refractivity contribution < 1.29 is 4.79 Å². The zero-order valence-electron chi connectivity index (χ0n) is 8.79. The highest BCUT2D eigenvalue weighted by Crippen LogP contribution is 2.11. The third-order valence-corrected chi connectivity index (χ3v) is 3.66. The van der Waals surface area contributed by atoms with Crippen molar-refractivity contribution in [3.8, 4) is 0 Å². The summed E-state index contributed by atoms with van der Waals surface area (Å²) in [4.78, 5) is 12.4. The summed E-state index contributed by atoms with van der Waals surface area (Å²) in [5, 5.41) is 7.62. The fourth-order valence-electron chi connectivity index (χ4n) is 1.11. The number of aryl methyl sites for hydroxylation is 1. The maximum atomic E-state index is 11.8. The molecule has 0 saturated heterocycles. The van der Waals surface area contributed by atoms with E-state index >= 15 is 0 Å². The Balaban J connectivity index is 2.68. The summed E-state index contributed by atoms with van der Waals surface area (Å²) in [5.41, 5.74) is 0.780. The first-order valence-electron chi connectivity index (χ1n) is 4.90. The van der Waals surface area contributed by atoms with Crippen LogP contribution in [0.1, 0.15) is 35.6 Å². The molecule has 1 aromatic rings. The summed E-state index contributed by atoms with van der Waals surface area (Å²) < 4.78 is 3.79. The number of nitrogens with zero attached hydrogens (tertiary/aromatic N) is 2. The first-order chi connectivity index (χ1) is 7.22. The van der Waals surface area contributed by atoms with Crippen LogP contribution in [0, 0.1) is 0 Å². The molecule has 0 aliphatic heterocycles. The predicted octanol–water partition coefficient (Wildman–Crippen LogP) is 2.00. The van der Waals surface area contributed by atoms with Gasteiger partial charge in [0.15, 0.2) is 0 Å². The van der Waals surface area contributed by atoms with Crippen LogP contribution >= 0.6 is 27.5 Å². The van der Waals surface area contributed by atoms with Gasteiger partial charge in [0.05, 0.1) is 5.69 Å². The Kier molecular flexibility index (Phi) is 5.17. The van der Waals surface area contributed by atoms with Gasteiger partial charge < -0.3 is 5.32 Å². The van der Waals surface area contributed by atoms with Crippen LogP contribution in [0.25, 0.3) is 0 Å². The van der Waals surface area contributed by atoms with Gasteiger partial charge in [-0.15, -0.1) is 5.10 Å². The second-order valence-electron chi connectivity index (χ2n) is 3.14. The van der Waals surface area contributed by atoms with Gasteiger partial charge in [-0.05, 0) is 24.4 Å². The van der Waals surface area contributed by atoms with Crippen molar-refractivity contribution in [1.29, 1.82) is 0 Å². The first kappa shape index (κ1) is 12.6. The summed E-state index contributed by atoms with van der Waals surface area (Å²) in [6.07, 6.45) is 1.65. The van der Waals surface area contributed by atoms with Gasteiger partial charge in [0, 0.05) is 11.4 Å². The molecule has 1 rings (SSSR count). The highest BCUT2D eigenvalue weighted by atomic mass is 79.9. The summed E-state index contributed by atoms with van der Waals surface area (Å²) in [6, 6.07) is 0.171.